The molecule has 0 aliphatic rings. The van der Waals surface area contributed by atoms with Crippen LogP contribution in [0.15, 0.2) is 28.0 Å². The lowest BCUT2D eigenvalue weighted by atomic mass is 10.2. The first-order valence-corrected chi connectivity index (χ1v) is 8.69. The first-order valence-electron chi connectivity index (χ1n) is 7.71. The number of ketones is 1. The number of aromatic nitrogens is 5. The Labute approximate surface area is 158 Å². The van der Waals surface area contributed by atoms with E-state index in [2.05, 4.69) is 20.4 Å². The van der Waals surface area contributed by atoms with Gasteiger partial charge in [0.25, 0.3) is 5.89 Å². The van der Waals surface area contributed by atoms with Gasteiger partial charge in [-0.2, -0.15) is 0 Å². The molecule has 0 atom stereocenters. The molecule has 0 fully saturated rings. The summed E-state index contributed by atoms with van der Waals surface area (Å²) in [6, 6.07) is 3.33. The predicted octanol–water partition coefficient (Wildman–Crippen LogP) is 1.87. The number of carbonyl (C=O) groups excluding carboxylic acids is 1. The summed E-state index contributed by atoms with van der Waals surface area (Å²) in [7, 11) is 6.32. The molecule has 3 aromatic rings. The van der Waals surface area contributed by atoms with Crippen molar-refractivity contribution < 1.29 is 23.4 Å². The average molecular weight is 391 g/mol. The van der Waals surface area contributed by atoms with Gasteiger partial charge in [0.05, 0.1) is 27.1 Å². The number of Topliss-reactive ketones (excluding diaryl/α,β-unsaturated/α-hetero) is 1. The SMILES string of the molecule is COc1cc(-c2nnc(C(=O)CSc3nncn3C)o2)cc(OC)c1OC. The third-order valence-corrected chi connectivity index (χ3v) is 4.61. The minimum Gasteiger partial charge on any atom is -0.493 e. The normalized spacial score (nSPS) is 10.7. The third kappa shape index (κ3) is 3.87. The van der Waals surface area contributed by atoms with Gasteiger partial charge in [-0.1, -0.05) is 11.8 Å². The zero-order chi connectivity index (χ0) is 19.4. The van der Waals surface area contributed by atoms with E-state index in [1.54, 1.807) is 30.1 Å². The average Bonchev–Trinajstić information content (AvgIpc) is 3.34. The minimum absolute atomic E-state index is 0.0894. The molecule has 0 saturated heterocycles. The summed E-state index contributed by atoms with van der Waals surface area (Å²) in [4.78, 5) is 12.3. The number of carbonyl (C=O) groups is 1. The lowest BCUT2D eigenvalue weighted by molar-refractivity contribution is 0.0986. The molecule has 2 aromatic heterocycles. The van der Waals surface area contributed by atoms with E-state index in [-0.39, 0.29) is 23.3 Å². The molecule has 0 N–H and O–H groups in total. The van der Waals surface area contributed by atoms with Crippen molar-refractivity contribution in [2.75, 3.05) is 27.1 Å². The molecule has 0 amide bonds. The highest BCUT2D eigenvalue weighted by Gasteiger charge is 2.20. The van der Waals surface area contributed by atoms with Gasteiger partial charge in [0.2, 0.25) is 17.4 Å². The predicted molar refractivity (Wildman–Crippen MR) is 95.4 cm³/mol. The maximum atomic E-state index is 12.3. The van der Waals surface area contributed by atoms with Crippen LogP contribution in [0, 0.1) is 0 Å². The molecule has 0 radical (unpaired) electrons. The second-order valence-electron chi connectivity index (χ2n) is 5.26. The van der Waals surface area contributed by atoms with Crippen molar-refractivity contribution in [3.63, 3.8) is 0 Å². The van der Waals surface area contributed by atoms with E-state index in [0.717, 1.165) is 0 Å². The van der Waals surface area contributed by atoms with E-state index < -0.39 is 0 Å². The van der Waals surface area contributed by atoms with Crippen LogP contribution in [-0.4, -0.2) is 57.8 Å². The zero-order valence-corrected chi connectivity index (χ0v) is 15.9. The van der Waals surface area contributed by atoms with Crippen LogP contribution >= 0.6 is 11.8 Å². The Kier molecular flexibility index (Phi) is 5.60. The highest BCUT2D eigenvalue weighted by Crippen LogP contribution is 2.40. The molecule has 0 aliphatic carbocycles. The number of aryl methyl sites for hydroxylation is 1. The van der Waals surface area contributed by atoms with Crippen molar-refractivity contribution in [2.24, 2.45) is 7.05 Å². The fraction of sp³-hybridized carbons (Fsp3) is 0.312. The summed E-state index contributed by atoms with van der Waals surface area (Å²) in [5, 5.41) is 16.1. The van der Waals surface area contributed by atoms with Crippen molar-refractivity contribution in [1.29, 1.82) is 0 Å². The molecule has 0 unspecified atom stereocenters. The van der Waals surface area contributed by atoms with E-state index in [1.165, 1.54) is 33.1 Å². The standard InChI is InChI=1S/C16H17N5O5S/c1-21-8-17-20-16(21)27-7-10(22)15-19-18-14(26-15)9-5-11(23-2)13(25-4)12(6-9)24-3/h5-6,8H,7H2,1-4H3. The summed E-state index contributed by atoms with van der Waals surface area (Å²) in [6.07, 6.45) is 1.56. The molecule has 3 rings (SSSR count). The molecule has 10 nitrogen and oxygen atoms in total. The summed E-state index contributed by atoms with van der Waals surface area (Å²) in [5.74, 6) is 1.19. The van der Waals surface area contributed by atoms with Gasteiger partial charge < -0.3 is 23.2 Å². The summed E-state index contributed by atoms with van der Waals surface area (Å²) >= 11 is 1.23. The number of nitrogens with zero attached hydrogens (tertiary/aromatic N) is 5. The van der Waals surface area contributed by atoms with Gasteiger partial charge in [-0.05, 0) is 12.1 Å². The lowest BCUT2D eigenvalue weighted by Crippen LogP contribution is -2.04. The van der Waals surface area contributed by atoms with E-state index in [4.69, 9.17) is 18.6 Å². The van der Waals surface area contributed by atoms with E-state index in [0.29, 0.717) is 28.0 Å². The number of hydrogen-bond donors (Lipinski definition) is 0. The Bertz CT molecular complexity index is 929. The van der Waals surface area contributed by atoms with E-state index in [9.17, 15) is 4.79 Å². The Morgan fingerprint density at radius 3 is 2.37 bits per heavy atom. The second kappa shape index (κ2) is 8.08. The number of thioether (sulfide) groups is 1. The Balaban J connectivity index is 1.81. The topological polar surface area (TPSA) is 114 Å². The van der Waals surface area contributed by atoms with Gasteiger partial charge >= 0.3 is 0 Å². The smallest absolute Gasteiger partial charge is 0.285 e. The Hall–Kier alpha value is -3.08. The van der Waals surface area contributed by atoms with Crippen LogP contribution in [-0.2, 0) is 7.05 Å². The van der Waals surface area contributed by atoms with Crippen LogP contribution in [0.2, 0.25) is 0 Å². The Morgan fingerprint density at radius 2 is 1.81 bits per heavy atom. The van der Waals surface area contributed by atoms with E-state index in [1.807, 2.05) is 0 Å². The Morgan fingerprint density at radius 1 is 1.11 bits per heavy atom. The second-order valence-corrected chi connectivity index (χ2v) is 6.21. The van der Waals surface area contributed by atoms with Crippen molar-refractivity contribution in [2.45, 2.75) is 5.16 Å². The molecule has 0 saturated carbocycles. The van der Waals surface area contributed by atoms with Gasteiger partial charge in [0.15, 0.2) is 16.7 Å². The number of rotatable bonds is 8. The number of benzene rings is 1. The molecule has 0 aliphatic heterocycles. The maximum absolute atomic E-state index is 12.3. The zero-order valence-electron chi connectivity index (χ0n) is 15.1. The van der Waals surface area contributed by atoms with Gasteiger partial charge in [0.1, 0.15) is 6.33 Å². The van der Waals surface area contributed by atoms with Crippen LogP contribution < -0.4 is 14.2 Å². The van der Waals surface area contributed by atoms with E-state index >= 15 is 0 Å². The summed E-state index contributed by atoms with van der Waals surface area (Å²) in [5.41, 5.74) is 0.539. The molecular formula is C16H17N5O5S. The fourth-order valence-corrected chi connectivity index (χ4v) is 2.99. The quantitative estimate of drug-likeness (QED) is 0.416. The largest absolute Gasteiger partial charge is 0.493 e. The van der Waals surface area contributed by atoms with Gasteiger partial charge in [0, 0.05) is 12.6 Å². The number of methoxy groups -OCH3 is 3. The van der Waals surface area contributed by atoms with Crippen LogP contribution in [0.4, 0.5) is 0 Å². The van der Waals surface area contributed by atoms with Crippen LogP contribution in [0.1, 0.15) is 10.7 Å². The minimum atomic E-state index is -0.311. The molecule has 27 heavy (non-hydrogen) atoms. The van der Waals surface area contributed by atoms with Gasteiger partial charge in [-0.3, -0.25) is 4.79 Å². The van der Waals surface area contributed by atoms with Crippen LogP contribution in [0.3, 0.4) is 0 Å². The molecule has 0 spiro atoms. The molecule has 1 aromatic carbocycles. The highest BCUT2D eigenvalue weighted by molar-refractivity contribution is 7.99. The fourth-order valence-electron chi connectivity index (χ4n) is 2.25. The summed E-state index contributed by atoms with van der Waals surface area (Å²) < 4.78 is 23.1. The summed E-state index contributed by atoms with van der Waals surface area (Å²) in [6.45, 7) is 0. The monoisotopic (exact) mass is 391 g/mol. The molecular weight excluding hydrogens is 374 g/mol. The highest BCUT2D eigenvalue weighted by atomic mass is 32.2. The number of ether oxygens (including phenoxy) is 3. The molecule has 11 heteroatoms. The third-order valence-electron chi connectivity index (χ3n) is 3.58. The first kappa shape index (κ1) is 18.7. The van der Waals surface area contributed by atoms with Gasteiger partial charge in [-0.25, -0.2) is 0 Å². The van der Waals surface area contributed by atoms with Crippen molar-refractivity contribution >= 4 is 17.5 Å². The molecule has 2 heterocycles. The lowest BCUT2D eigenvalue weighted by Gasteiger charge is -2.12. The number of hydrogen-bond acceptors (Lipinski definition) is 10. The maximum Gasteiger partial charge on any atom is 0.285 e. The van der Waals surface area contributed by atoms with Gasteiger partial charge in [-0.15, -0.1) is 20.4 Å². The molecule has 0 bridgehead atoms. The van der Waals surface area contributed by atoms with Crippen molar-refractivity contribution in [3.8, 4) is 28.7 Å². The molecule has 142 valence electrons. The van der Waals surface area contributed by atoms with Crippen molar-refractivity contribution in [3.05, 3.63) is 24.4 Å². The van der Waals surface area contributed by atoms with Crippen LogP contribution in [0.25, 0.3) is 11.5 Å². The first-order chi connectivity index (χ1) is 13.1. The van der Waals surface area contributed by atoms with Crippen LogP contribution in [0.5, 0.6) is 17.2 Å². The van der Waals surface area contributed by atoms with Crippen molar-refractivity contribution in [1.82, 2.24) is 25.0 Å².